The van der Waals surface area contributed by atoms with E-state index in [4.69, 9.17) is 11.5 Å². The lowest BCUT2D eigenvalue weighted by atomic mass is 9.94. The maximum Gasteiger partial charge on any atom is 0.266 e. The van der Waals surface area contributed by atoms with Crippen molar-refractivity contribution in [3.05, 3.63) is 47.5 Å². The van der Waals surface area contributed by atoms with Gasteiger partial charge in [0.15, 0.2) is 0 Å². The Morgan fingerprint density at radius 3 is 1.75 bits per heavy atom. The fraction of sp³-hybridized carbons (Fsp3) is 0.143. The highest BCUT2D eigenvalue weighted by Gasteiger charge is 2.26. The molecule has 0 amide bonds. The monoisotopic (exact) mass is 284 g/mol. The number of nitrogen functional groups attached to an aromatic ring is 2. The first-order valence-corrected chi connectivity index (χ1v) is 5.76. The Morgan fingerprint density at radius 2 is 1.25 bits per heavy atom. The molecule has 6 heteroatoms. The summed E-state index contributed by atoms with van der Waals surface area (Å²) in [5.41, 5.74) is 9.91. The Bertz CT molecular complexity index is 609. The minimum absolute atomic E-state index is 0.0319. The molecule has 0 saturated heterocycles. The van der Waals surface area contributed by atoms with Crippen LogP contribution in [0.25, 0.3) is 11.1 Å². The molecule has 20 heavy (non-hydrogen) atoms. The standard InChI is InChI=1S/C14H12F4N2/c15-13(16)11-9(7-1-3-8(19)4-2-7)5-6-10(20)12(11)14(17)18/h1-6,13-14H,19-20H2. The van der Waals surface area contributed by atoms with E-state index in [9.17, 15) is 17.6 Å². The predicted octanol–water partition coefficient (Wildman–Crippen LogP) is 4.39. The van der Waals surface area contributed by atoms with Gasteiger partial charge in [0.05, 0.1) is 5.56 Å². The lowest BCUT2D eigenvalue weighted by Crippen LogP contribution is -2.04. The molecule has 0 aliphatic rings. The summed E-state index contributed by atoms with van der Waals surface area (Å²) < 4.78 is 52.3. The summed E-state index contributed by atoms with van der Waals surface area (Å²) in [6.45, 7) is 0. The van der Waals surface area contributed by atoms with E-state index in [0.717, 1.165) is 0 Å². The molecule has 0 atom stereocenters. The van der Waals surface area contributed by atoms with E-state index in [1.165, 1.54) is 36.4 Å². The lowest BCUT2D eigenvalue weighted by molar-refractivity contribution is 0.125. The van der Waals surface area contributed by atoms with Gasteiger partial charge in [-0.25, -0.2) is 17.6 Å². The van der Waals surface area contributed by atoms with Crippen molar-refractivity contribution in [1.82, 2.24) is 0 Å². The molecule has 0 unspecified atom stereocenters. The van der Waals surface area contributed by atoms with Crippen LogP contribution in [0.5, 0.6) is 0 Å². The molecule has 106 valence electrons. The van der Waals surface area contributed by atoms with Gasteiger partial charge in [-0.1, -0.05) is 18.2 Å². The molecule has 0 fully saturated rings. The van der Waals surface area contributed by atoms with E-state index in [2.05, 4.69) is 0 Å². The van der Waals surface area contributed by atoms with Crippen molar-refractivity contribution in [3.8, 4) is 11.1 Å². The van der Waals surface area contributed by atoms with Crippen molar-refractivity contribution in [2.45, 2.75) is 12.9 Å². The van der Waals surface area contributed by atoms with Crippen LogP contribution in [0.2, 0.25) is 0 Å². The molecular formula is C14H12F4N2. The van der Waals surface area contributed by atoms with Gasteiger partial charge in [0.25, 0.3) is 12.9 Å². The fourth-order valence-corrected chi connectivity index (χ4v) is 2.05. The second-order valence-corrected chi connectivity index (χ2v) is 4.25. The van der Waals surface area contributed by atoms with Gasteiger partial charge in [-0.2, -0.15) is 0 Å². The van der Waals surface area contributed by atoms with Crippen LogP contribution >= 0.6 is 0 Å². The summed E-state index contributed by atoms with van der Waals surface area (Å²) in [6.07, 6.45) is -6.11. The van der Waals surface area contributed by atoms with E-state index in [-0.39, 0.29) is 11.3 Å². The SMILES string of the molecule is Nc1ccc(-c2ccc(N)c(C(F)F)c2C(F)F)cc1. The number of anilines is 2. The highest BCUT2D eigenvalue weighted by Crippen LogP contribution is 2.40. The van der Waals surface area contributed by atoms with Crippen LogP contribution in [0, 0.1) is 0 Å². The summed E-state index contributed by atoms with van der Waals surface area (Å²) in [5, 5.41) is 0. The van der Waals surface area contributed by atoms with Crippen LogP contribution in [0.3, 0.4) is 0 Å². The summed E-state index contributed by atoms with van der Waals surface area (Å²) in [5.74, 6) is 0. The van der Waals surface area contributed by atoms with Crippen molar-refractivity contribution >= 4 is 11.4 Å². The van der Waals surface area contributed by atoms with Crippen molar-refractivity contribution in [2.24, 2.45) is 0 Å². The van der Waals surface area contributed by atoms with Gasteiger partial charge in [-0.15, -0.1) is 0 Å². The summed E-state index contributed by atoms with van der Waals surface area (Å²) >= 11 is 0. The number of hydrogen-bond acceptors (Lipinski definition) is 2. The van der Waals surface area contributed by atoms with E-state index in [1.54, 1.807) is 0 Å². The number of halogens is 4. The topological polar surface area (TPSA) is 52.0 Å². The first-order chi connectivity index (χ1) is 9.41. The second kappa shape index (κ2) is 5.40. The third-order valence-corrected chi connectivity index (χ3v) is 2.98. The van der Waals surface area contributed by atoms with Crippen LogP contribution in [0.4, 0.5) is 28.9 Å². The Labute approximate surface area is 113 Å². The number of hydrogen-bond donors (Lipinski definition) is 2. The van der Waals surface area contributed by atoms with Gasteiger partial charge < -0.3 is 11.5 Å². The summed E-state index contributed by atoms with van der Waals surface area (Å²) in [7, 11) is 0. The average Bonchev–Trinajstić information content (AvgIpc) is 2.39. The van der Waals surface area contributed by atoms with E-state index >= 15 is 0 Å². The Balaban J connectivity index is 2.70. The first kappa shape index (κ1) is 14.2. The van der Waals surface area contributed by atoms with Crippen LogP contribution < -0.4 is 11.5 Å². The highest BCUT2D eigenvalue weighted by atomic mass is 19.3. The van der Waals surface area contributed by atoms with Crippen LogP contribution in [0.15, 0.2) is 36.4 Å². The zero-order chi connectivity index (χ0) is 14.9. The molecular weight excluding hydrogens is 272 g/mol. The van der Waals surface area contributed by atoms with E-state index in [0.29, 0.717) is 11.3 Å². The largest absolute Gasteiger partial charge is 0.399 e. The zero-order valence-corrected chi connectivity index (χ0v) is 10.3. The molecule has 2 aromatic carbocycles. The maximum absolute atomic E-state index is 13.2. The van der Waals surface area contributed by atoms with Crippen LogP contribution in [0.1, 0.15) is 24.0 Å². The summed E-state index contributed by atoms with van der Waals surface area (Å²) in [4.78, 5) is 0. The van der Waals surface area contributed by atoms with Gasteiger partial charge in [-0.05, 0) is 29.3 Å². The van der Waals surface area contributed by atoms with Gasteiger partial charge >= 0.3 is 0 Å². The molecule has 0 saturated carbocycles. The minimum atomic E-state index is -3.06. The number of benzene rings is 2. The van der Waals surface area contributed by atoms with Gasteiger partial charge in [0, 0.05) is 16.9 Å². The molecule has 0 aromatic heterocycles. The fourth-order valence-electron chi connectivity index (χ4n) is 2.05. The van der Waals surface area contributed by atoms with Gasteiger partial charge in [-0.3, -0.25) is 0 Å². The molecule has 0 bridgehead atoms. The van der Waals surface area contributed by atoms with Crippen molar-refractivity contribution in [2.75, 3.05) is 11.5 Å². The molecule has 4 N–H and O–H groups in total. The van der Waals surface area contributed by atoms with Crippen molar-refractivity contribution in [3.63, 3.8) is 0 Å². The normalized spacial score (nSPS) is 11.3. The molecule has 2 rings (SSSR count). The average molecular weight is 284 g/mol. The molecule has 0 aliphatic carbocycles. The molecule has 0 spiro atoms. The van der Waals surface area contributed by atoms with E-state index < -0.39 is 24.0 Å². The highest BCUT2D eigenvalue weighted by molar-refractivity contribution is 5.74. The van der Waals surface area contributed by atoms with Crippen molar-refractivity contribution in [1.29, 1.82) is 0 Å². The molecule has 0 heterocycles. The van der Waals surface area contributed by atoms with Crippen molar-refractivity contribution < 1.29 is 17.6 Å². The number of rotatable bonds is 3. The molecule has 0 radical (unpaired) electrons. The van der Waals surface area contributed by atoms with Gasteiger partial charge in [0.1, 0.15) is 0 Å². The Kier molecular flexibility index (Phi) is 3.83. The minimum Gasteiger partial charge on any atom is -0.399 e. The molecule has 0 aliphatic heterocycles. The zero-order valence-electron chi connectivity index (χ0n) is 10.3. The Morgan fingerprint density at radius 1 is 0.700 bits per heavy atom. The third kappa shape index (κ3) is 2.54. The van der Waals surface area contributed by atoms with Gasteiger partial charge in [0.2, 0.25) is 0 Å². The first-order valence-electron chi connectivity index (χ1n) is 5.76. The quantitative estimate of drug-likeness (QED) is 0.648. The second-order valence-electron chi connectivity index (χ2n) is 4.25. The smallest absolute Gasteiger partial charge is 0.266 e. The summed E-state index contributed by atoms with van der Waals surface area (Å²) in [6, 6.07) is 8.56. The number of alkyl halides is 4. The Hall–Kier alpha value is -2.24. The lowest BCUT2D eigenvalue weighted by Gasteiger charge is -2.16. The molecule has 2 nitrogen and oxygen atoms in total. The molecule has 2 aromatic rings. The van der Waals surface area contributed by atoms with E-state index in [1.807, 2.05) is 0 Å². The maximum atomic E-state index is 13.2. The number of nitrogens with two attached hydrogens (primary N) is 2. The van der Waals surface area contributed by atoms with Crippen LogP contribution in [-0.2, 0) is 0 Å². The predicted molar refractivity (Wildman–Crippen MR) is 70.6 cm³/mol. The van der Waals surface area contributed by atoms with Crippen LogP contribution in [-0.4, -0.2) is 0 Å². The third-order valence-electron chi connectivity index (χ3n) is 2.98.